The lowest BCUT2D eigenvalue weighted by molar-refractivity contribution is 0.00649. The number of nitrogens with zero attached hydrogens (tertiary/aromatic N) is 1. The Labute approximate surface area is 144 Å². The van der Waals surface area contributed by atoms with Crippen molar-refractivity contribution in [2.24, 2.45) is 5.92 Å². The minimum atomic E-state index is -0.661. The SMILES string of the molecule is CCNC(=O)c1cc(N)c(NC)cc1N1CCC(C(C)(C)O)CC1. The fourth-order valence-corrected chi connectivity index (χ4v) is 3.35. The summed E-state index contributed by atoms with van der Waals surface area (Å²) in [7, 11) is 1.82. The summed E-state index contributed by atoms with van der Waals surface area (Å²) in [4.78, 5) is 14.6. The van der Waals surface area contributed by atoms with E-state index in [1.807, 2.05) is 33.9 Å². The van der Waals surface area contributed by atoms with Crippen molar-refractivity contribution in [3.63, 3.8) is 0 Å². The van der Waals surface area contributed by atoms with Crippen molar-refractivity contribution in [2.75, 3.05) is 42.6 Å². The Kier molecular flexibility index (Phi) is 5.59. The van der Waals surface area contributed by atoms with E-state index in [0.29, 0.717) is 17.8 Å². The number of rotatable bonds is 5. The molecular formula is C18H30N4O2. The van der Waals surface area contributed by atoms with Crippen molar-refractivity contribution in [2.45, 2.75) is 39.2 Å². The molecule has 1 aliphatic rings. The van der Waals surface area contributed by atoms with Gasteiger partial charge in [0.1, 0.15) is 0 Å². The van der Waals surface area contributed by atoms with Crippen molar-refractivity contribution in [1.29, 1.82) is 0 Å². The van der Waals surface area contributed by atoms with E-state index in [4.69, 9.17) is 5.73 Å². The zero-order valence-electron chi connectivity index (χ0n) is 15.1. The minimum absolute atomic E-state index is 0.105. The molecule has 0 aliphatic carbocycles. The van der Waals surface area contributed by atoms with Crippen LogP contribution in [0.1, 0.15) is 44.0 Å². The van der Waals surface area contributed by atoms with E-state index in [1.54, 1.807) is 6.07 Å². The number of nitrogen functional groups attached to an aromatic ring is 1. The summed E-state index contributed by atoms with van der Waals surface area (Å²) < 4.78 is 0. The van der Waals surface area contributed by atoms with Crippen LogP contribution in [0.2, 0.25) is 0 Å². The van der Waals surface area contributed by atoms with E-state index < -0.39 is 5.60 Å². The first kappa shape index (κ1) is 18.4. The maximum atomic E-state index is 12.4. The second-order valence-corrected chi connectivity index (χ2v) is 6.98. The van der Waals surface area contributed by atoms with Gasteiger partial charge >= 0.3 is 0 Å². The number of nitrogens with two attached hydrogens (primary N) is 1. The number of benzene rings is 1. The van der Waals surface area contributed by atoms with Crippen LogP contribution in [-0.2, 0) is 0 Å². The van der Waals surface area contributed by atoms with E-state index >= 15 is 0 Å². The fraction of sp³-hybridized carbons (Fsp3) is 0.611. The van der Waals surface area contributed by atoms with Crippen LogP contribution in [0.25, 0.3) is 0 Å². The summed E-state index contributed by atoms with van der Waals surface area (Å²) in [6.45, 7) is 7.85. The lowest BCUT2D eigenvalue weighted by Gasteiger charge is -2.39. The van der Waals surface area contributed by atoms with Crippen LogP contribution in [0.4, 0.5) is 17.1 Å². The molecule has 2 rings (SSSR count). The third-order valence-electron chi connectivity index (χ3n) is 4.85. The molecule has 0 unspecified atom stereocenters. The molecule has 134 valence electrons. The van der Waals surface area contributed by atoms with E-state index in [1.165, 1.54) is 0 Å². The summed E-state index contributed by atoms with van der Waals surface area (Å²) in [5.74, 6) is 0.172. The average molecular weight is 334 g/mol. The Morgan fingerprint density at radius 1 is 1.38 bits per heavy atom. The van der Waals surface area contributed by atoms with Crippen molar-refractivity contribution in [3.05, 3.63) is 17.7 Å². The van der Waals surface area contributed by atoms with Crippen LogP contribution >= 0.6 is 0 Å². The van der Waals surface area contributed by atoms with Gasteiger partial charge in [-0.05, 0) is 51.7 Å². The van der Waals surface area contributed by atoms with Crippen LogP contribution in [0.5, 0.6) is 0 Å². The molecule has 1 saturated heterocycles. The highest BCUT2D eigenvalue weighted by molar-refractivity contribution is 6.02. The van der Waals surface area contributed by atoms with Gasteiger partial charge in [0.05, 0.1) is 28.2 Å². The standard InChI is InChI=1S/C18H30N4O2/c1-5-21-17(23)13-10-14(19)15(20-4)11-16(13)22-8-6-12(7-9-22)18(2,3)24/h10-12,20,24H,5-9,19H2,1-4H3,(H,21,23). The molecule has 0 saturated carbocycles. The molecule has 1 aromatic carbocycles. The number of hydrogen-bond acceptors (Lipinski definition) is 5. The summed E-state index contributed by atoms with van der Waals surface area (Å²) in [5, 5.41) is 16.2. The molecule has 1 fully saturated rings. The lowest BCUT2D eigenvalue weighted by Crippen LogP contribution is -2.42. The number of anilines is 3. The van der Waals surface area contributed by atoms with Gasteiger partial charge in [0.15, 0.2) is 0 Å². The second-order valence-electron chi connectivity index (χ2n) is 6.98. The quantitative estimate of drug-likeness (QED) is 0.619. The topological polar surface area (TPSA) is 90.6 Å². The first-order valence-corrected chi connectivity index (χ1v) is 8.64. The van der Waals surface area contributed by atoms with Gasteiger partial charge in [-0.1, -0.05) is 0 Å². The van der Waals surface area contributed by atoms with Gasteiger partial charge in [-0.15, -0.1) is 0 Å². The molecule has 6 heteroatoms. The van der Waals surface area contributed by atoms with Gasteiger partial charge in [0.25, 0.3) is 5.91 Å². The highest BCUT2D eigenvalue weighted by Gasteiger charge is 2.31. The molecule has 0 spiro atoms. The molecule has 1 aromatic rings. The number of amides is 1. The van der Waals surface area contributed by atoms with E-state index in [-0.39, 0.29) is 11.8 Å². The van der Waals surface area contributed by atoms with Crippen LogP contribution in [-0.4, -0.2) is 43.3 Å². The van der Waals surface area contributed by atoms with Crippen LogP contribution < -0.4 is 21.3 Å². The molecule has 1 heterocycles. The fourth-order valence-electron chi connectivity index (χ4n) is 3.35. The first-order valence-electron chi connectivity index (χ1n) is 8.64. The maximum Gasteiger partial charge on any atom is 0.253 e. The third-order valence-corrected chi connectivity index (χ3v) is 4.85. The summed E-state index contributed by atoms with van der Waals surface area (Å²) >= 11 is 0. The summed E-state index contributed by atoms with van der Waals surface area (Å²) in [6.07, 6.45) is 1.80. The number of nitrogens with one attached hydrogen (secondary N) is 2. The molecule has 0 radical (unpaired) electrons. The molecule has 1 aliphatic heterocycles. The van der Waals surface area contributed by atoms with Gasteiger partial charge in [0, 0.05) is 26.7 Å². The number of carbonyl (C=O) groups excluding carboxylic acids is 1. The number of hydrogen-bond donors (Lipinski definition) is 4. The van der Waals surface area contributed by atoms with Crippen LogP contribution in [0.3, 0.4) is 0 Å². The predicted octanol–water partition coefficient (Wildman–Crippen LogP) is 2.05. The molecule has 0 bridgehead atoms. The van der Waals surface area contributed by atoms with Crippen molar-refractivity contribution in [1.82, 2.24) is 5.32 Å². The molecule has 0 atom stereocenters. The molecule has 24 heavy (non-hydrogen) atoms. The Morgan fingerprint density at radius 3 is 2.50 bits per heavy atom. The minimum Gasteiger partial charge on any atom is -0.397 e. The first-order chi connectivity index (χ1) is 11.3. The highest BCUT2D eigenvalue weighted by atomic mass is 16.3. The Morgan fingerprint density at radius 2 is 2.00 bits per heavy atom. The number of piperidine rings is 1. The lowest BCUT2D eigenvalue weighted by atomic mass is 9.83. The second kappa shape index (κ2) is 7.30. The predicted molar refractivity (Wildman–Crippen MR) is 99.6 cm³/mol. The summed E-state index contributed by atoms with van der Waals surface area (Å²) in [5.41, 5.74) is 8.28. The van der Waals surface area contributed by atoms with Gasteiger partial charge in [-0.25, -0.2) is 0 Å². The zero-order chi connectivity index (χ0) is 17.9. The Hall–Kier alpha value is -1.95. The largest absolute Gasteiger partial charge is 0.397 e. The van der Waals surface area contributed by atoms with Gasteiger partial charge < -0.3 is 26.4 Å². The third kappa shape index (κ3) is 3.93. The van der Waals surface area contributed by atoms with Gasteiger partial charge in [-0.2, -0.15) is 0 Å². The Balaban J connectivity index is 2.30. The molecule has 5 N–H and O–H groups in total. The molecule has 0 aromatic heterocycles. The van der Waals surface area contributed by atoms with E-state index in [9.17, 15) is 9.90 Å². The highest BCUT2D eigenvalue weighted by Crippen LogP contribution is 2.35. The molecule has 1 amide bonds. The summed E-state index contributed by atoms with van der Waals surface area (Å²) in [6, 6.07) is 3.69. The van der Waals surface area contributed by atoms with Crippen molar-refractivity contribution in [3.8, 4) is 0 Å². The number of aliphatic hydroxyl groups is 1. The monoisotopic (exact) mass is 334 g/mol. The van der Waals surface area contributed by atoms with E-state index in [2.05, 4.69) is 15.5 Å². The van der Waals surface area contributed by atoms with Crippen molar-refractivity contribution < 1.29 is 9.90 Å². The Bertz CT molecular complexity index is 587. The van der Waals surface area contributed by atoms with Gasteiger partial charge in [-0.3, -0.25) is 4.79 Å². The smallest absolute Gasteiger partial charge is 0.253 e. The van der Waals surface area contributed by atoms with E-state index in [0.717, 1.165) is 37.3 Å². The zero-order valence-corrected chi connectivity index (χ0v) is 15.1. The van der Waals surface area contributed by atoms with Crippen LogP contribution in [0, 0.1) is 5.92 Å². The van der Waals surface area contributed by atoms with Crippen molar-refractivity contribution >= 4 is 23.0 Å². The normalized spacial score (nSPS) is 16.1. The van der Waals surface area contributed by atoms with Crippen LogP contribution in [0.15, 0.2) is 12.1 Å². The average Bonchev–Trinajstić information content (AvgIpc) is 2.54. The van der Waals surface area contributed by atoms with Gasteiger partial charge in [0.2, 0.25) is 0 Å². The molecule has 6 nitrogen and oxygen atoms in total. The maximum absolute atomic E-state index is 12.4. The molecular weight excluding hydrogens is 304 g/mol. The number of carbonyl (C=O) groups is 1.